The number of alkyl halides is 1. The van der Waals surface area contributed by atoms with Gasteiger partial charge in [0.05, 0.1) is 0 Å². The van der Waals surface area contributed by atoms with Crippen LogP contribution in [-0.2, 0) is 0 Å². The first kappa shape index (κ1) is 9.75. The summed E-state index contributed by atoms with van der Waals surface area (Å²) < 4.78 is 13.6. The third-order valence-corrected chi connectivity index (χ3v) is 2.24. The summed E-state index contributed by atoms with van der Waals surface area (Å²) in [6.07, 6.45) is 3.54. The minimum absolute atomic E-state index is 0.243. The van der Waals surface area contributed by atoms with E-state index in [-0.39, 0.29) is 5.82 Å². The molecule has 3 heteroatoms. The molecule has 0 aliphatic carbocycles. The van der Waals surface area contributed by atoms with Crippen LogP contribution in [0.4, 0.5) is 4.39 Å². The van der Waals surface area contributed by atoms with E-state index in [1.807, 2.05) is 0 Å². The fourth-order valence-electron chi connectivity index (χ4n) is 0.814. The molecule has 0 aliphatic rings. The lowest BCUT2D eigenvalue weighted by Gasteiger charge is -1.97. The molecule has 0 saturated carbocycles. The van der Waals surface area contributed by atoms with Gasteiger partial charge in [0.2, 0.25) is 0 Å². The summed E-state index contributed by atoms with van der Waals surface area (Å²) in [7, 11) is 0. The van der Waals surface area contributed by atoms with Crippen LogP contribution in [0.15, 0.2) is 28.7 Å². The predicted octanol–water partition coefficient (Wildman–Crippen LogP) is 3.84. The van der Waals surface area contributed by atoms with Crippen molar-refractivity contribution in [2.45, 2.75) is 0 Å². The highest BCUT2D eigenvalue weighted by Crippen LogP contribution is 2.18. The summed E-state index contributed by atoms with van der Waals surface area (Å²) >= 11 is 8.75. The first-order valence-corrected chi connectivity index (χ1v) is 4.74. The zero-order valence-electron chi connectivity index (χ0n) is 6.23. The van der Waals surface area contributed by atoms with Crippen LogP contribution in [0.3, 0.4) is 0 Å². The fourth-order valence-corrected chi connectivity index (χ4v) is 1.28. The number of allylic oxidation sites excluding steroid dienone is 1. The fraction of sp³-hybridized carbons (Fsp3) is 0.111. The largest absolute Gasteiger partial charge is 0.207 e. The van der Waals surface area contributed by atoms with E-state index in [0.29, 0.717) is 5.88 Å². The highest BCUT2D eigenvalue weighted by Gasteiger charge is 1.96. The molecule has 12 heavy (non-hydrogen) atoms. The van der Waals surface area contributed by atoms with Crippen LogP contribution in [0.25, 0.3) is 6.08 Å². The zero-order valence-corrected chi connectivity index (χ0v) is 8.57. The van der Waals surface area contributed by atoms with Crippen molar-refractivity contribution in [1.29, 1.82) is 0 Å². The normalized spacial score (nSPS) is 10.9. The second-order valence-electron chi connectivity index (χ2n) is 2.22. The molecule has 0 nitrogen and oxygen atoms in total. The van der Waals surface area contributed by atoms with E-state index in [0.717, 1.165) is 10.0 Å². The van der Waals surface area contributed by atoms with Gasteiger partial charge in [0.15, 0.2) is 0 Å². The van der Waals surface area contributed by atoms with Gasteiger partial charge >= 0.3 is 0 Å². The Morgan fingerprint density at radius 2 is 2.25 bits per heavy atom. The number of hydrogen-bond acceptors (Lipinski definition) is 0. The van der Waals surface area contributed by atoms with Crippen LogP contribution in [0.5, 0.6) is 0 Å². The van der Waals surface area contributed by atoms with Crippen molar-refractivity contribution < 1.29 is 4.39 Å². The maximum atomic E-state index is 12.7. The van der Waals surface area contributed by atoms with E-state index in [4.69, 9.17) is 11.6 Å². The molecular weight excluding hydrogens is 242 g/mol. The first-order valence-electron chi connectivity index (χ1n) is 3.41. The van der Waals surface area contributed by atoms with E-state index in [1.54, 1.807) is 18.2 Å². The van der Waals surface area contributed by atoms with Gasteiger partial charge in [0.25, 0.3) is 0 Å². The Kier molecular flexibility index (Phi) is 3.76. The van der Waals surface area contributed by atoms with E-state index in [2.05, 4.69) is 15.9 Å². The van der Waals surface area contributed by atoms with Gasteiger partial charge in [-0.05, 0) is 23.8 Å². The summed E-state index contributed by atoms with van der Waals surface area (Å²) in [5, 5.41) is 0. The molecule has 0 aromatic heterocycles. The van der Waals surface area contributed by atoms with Crippen molar-refractivity contribution >= 4 is 33.6 Å². The van der Waals surface area contributed by atoms with Gasteiger partial charge in [0, 0.05) is 10.4 Å². The van der Waals surface area contributed by atoms with E-state index >= 15 is 0 Å². The van der Waals surface area contributed by atoms with Gasteiger partial charge in [-0.25, -0.2) is 4.39 Å². The van der Waals surface area contributed by atoms with Gasteiger partial charge < -0.3 is 0 Å². The van der Waals surface area contributed by atoms with E-state index in [1.165, 1.54) is 12.1 Å². The third-order valence-electron chi connectivity index (χ3n) is 1.34. The van der Waals surface area contributed by atoms with Gasteiger partial charge in [-0.3, -0.25) is 0 Å². The van der Waals surface area contributed by atoms with Crippen LogP contribution in [-0.4, -0.2) is 5.88 Å². The summed E-state index contributed by atoms with van der Waals surface area (Å²) in [5.41, 5.74) is 0.802. The lowest BCUT2D eigenvalue weighted by atomic mass is 10.2. The van der Waals surface area contributed by atoms with Crippen LogP contribution in [0.1, 0.15) is 5.56 Å². The molecule has 0 heterocycles. The molecule has 0 bridgehead atoms. The molecule has 64 valence electrons. The molecule has 1 aromatic rings. The van der Waals surface area contributed by atoms with Crippen LogP contribution >= 0.6 is 27.5 Å². The second kappa shape index (κ2) is 4.63. The Hall–Kier alpha value is -0.340. The monoisotopic (exact) mass is 248 g/mol. The maximum absolute atomic E-state index is 12.7. The van der Waals surface area contributed by atoms with Crippen molar-refractivity contribution in [1.82, 2.24) is 0 Å². The molecular formula is C9H7BrClF. The minimum Gasteiger partial charge on any atom is -0.207 e. The molecule has 1 rings (SSSR count). The molecule has 0 saturated heterocycles. The zero-order chi connectivity index (χ0) is 8.97. The smallest absolute Gasteiger partial charge is 0.123 e. The molecule has 0 atom stereocenters. The molecule has 0 aliphatic heterocycles. The van der Waals surface area contributed by atoms with Crippen molar-refractivity contribution in [2.75, 3.05) is 5.88 Å². The quantitative estimate of drug-likeness (QED) is 0.699. The van der Waals surface area contributed by atoms with Crippen molar-refractivity contribution in [3.05, 3.63) is 40.1 Å². The summed E-state index contributed by atoms with van der Waals surface area (Å²) in [5.74, 6) is 0.190. The van der Waals surface area contributed by atoms with E-state index < -0.39 is 0 Å². The SMILES string of the molecule is Fc1ccc(Br)c(/C=C/CCl)c1. The minimum atomic E-state index is -0.243. The van der Waals surface area contributed by atoms with Crippen molar-refractivity contribution in [3.63, 3.8) is 0 Å². The molecule has 0 N–H and O–H groups in total. The number of hydrogen-bond donors (Lipinski definition) is 0. The summed E-state index contributed by atoms with van der Waals surface area (Å²) in [4.78, 5) is 0. The molecule has 0 spiro atoms. The van der Waals surface area contributed by atoms with Gasteiger partial charge in [-0.15, -0.1) is 11.6 Å². The molecule has 0 radical (unpaired) electrons. The molecule has 0 amide bonds. The number of rotatable bonds is 2. The van der Waals surface area contributed by atoms with Crippen LogP contribution in [0, 0.1) is 5.82 Å². The Bertz CT molecular complexity index is 297. The van der Waals surface area contributed by atoms with Gasteiger partial charge in [-0.2, -0.15) is 0 Å². The second-order valence-corrected chi connectivity index (χ2v) is 3.39. The highest BCUT2D eigenvalue weighted by molar-refractivity contribution is 9.10. The molecule has 1 aromatic carbocycles. The van der Waals surface area contributed by atoms with E-state index in [9.17, 15) is 4.39 Å². The summed E-state index contributed by atoms with van der Waals surface area (Å²) in [6.45, 7) is 0. The number of halogens is 3. The Labute approximate surface area is 84.2 Å². The molecule has 0 unspecified atom stereocenters. The third kappa shape index (κ3) is 2.61. The molecule has 0 fully saturated rings. The van der Waals surface area contributed by atoms with Gasteiger partial charge in [0.1, 0.15) is 5.82 Å². The van der Waals surface area contributed by atoms with Crippen LogP contribution < -0.4 is 0 Å². The average Bonchev–Trinajstić information content (AvgIpc) is 2.07. The topological polar surface area (TPSA) is 0 Å². The Morgan fingerprint density at radius 1 is 1.50 bits per heavy atom. The predicted molar refractivity (Wildman–Crippen MR) is 53.9 cm³/mol. The average molecular weight is 250 g/mol. The van der Waals surface area contributed by atoms with Crippen molar-refractivity contribution in [2.24, 2.45) is 0 Å². The lowest BCUT2D eigenvalue weighted by molar-refractivity contribution is 0.627. The lowest BCUT2D eigenvalue weighted by Crippen LogP contribution is -1.79. The van der Waals surface area contributed by atoms with Gasteiger partial charge in [-0.1, -0.05) is 28.1 Å². The Balaban J connectivity index is 2.97. The summed E-state index contributed by atoms with van der Waals surface area (Å²) in [6, 6.07) is 4.53. The van der Waals surface area contributed by atoms with Crippen LogP contribution in [0.2, 0.25) is 0 Å². The standard InChI is InChI=1S/C9H7BrClF/c10-9-4-3-8(12)6-7(9)2-1-5-11/h1-4,6H,5H2/b2-1+. The number of benzene rings is 1. The van der Waals surface area contributed by atoms with Crippen molar-refractivity contribution in [3.8, 4) is 0 Å². The highest BCUT2D eigenvalue weighted by atomic mass is 79.9. The first-order chi connectivity index (χ1) is 5.74. The Morgan fingerprint density at radius 3 is 2.92 bits per heavy atom. The maximum Gasteiger partial charge on any atom is 0.123 e.